The van der Waals surface area contributed by atoms with Gasteiger partial charge in [0.1, 0.15) is 0 Å². The van der Waals surface area contributed by atoms with Gasteiger partial charge in [-0.15, -0.1) is 118 Å². The number of hydrogen-bond acceptors (Lipinski definition) is 6. The van der Waals surface area contributed by atoms with Gasteiger partial charge in [-0.2, -0.15) is 22.7 Å². The van der Waals surface area contributed by atoms with Crippen molar-refractivity contribution in [3.8, 4) is 45.0 Å². The summed E-state index contributed by atoms with van der Waals surface area (Å²) in [5.74, 6) is 1.49. The van der Waals surface area contributed by atoms with E-state index in [2.05, 4.69) is 171 Å². The van der Waals surface area contributed by atoms with E-state index < -0.39 is 16.1 Å². The first-order chi connectivity index (χ1) is 37.8. The fourth-order valence-electron chi connectivity index (χ4n) is 10.0. The Labute approximate surface area is 510 Å². The Morgan fingerprint density at radius 3 is 1.48 bits per heavy atom. The molecule has 0 unspecified atom stereocenters. The van der Waals surface area contributed by atoms with E-state index in [9.17, 15) is 0 Å². The second-order valence-electron chi connectivity index (χ2n) is 22.7. The third-order valence-electron chi connectivity index (χ3n) is 14.5. The molecule has 0 amide bonds. The Balaban J connectivity index is 0.000000135. The van der Waals surface area contributed by atoms with Crippen LogP contribution in [0.3, 0.4) is 0 Å². The molecule has 406 valence electrons. The van der Waals surface area contributed by atoms with Crippen LogP contribution in [0.25, 0.3) is 85.4 Å². The van der Waals surface area contributed by atoms with E-state index in [1.807, 2.05) is 122 Å². The maximum Gasteiger partial charge on any atom is 0.0783 e. The van der Waals surface area contributed by atoms with E-state index >= 15 is 0 Å². The minimum atomic E-state index is -1.47. The van der Waals surface area contributed by atoms with Gasteiger partial charge in [-0.25, -0.2) is 0 Å². The molecule has 6 aromatic heterocycles. The van der Waals surface area contributed by atoms with Gasteiger partial charge in [-0.1, -0.05) is 133 Å². The van der Waals surface area contributed by atoms with Crippen molar-refractivity contribution in [2.45, 2.75) is 90.6 Å². The summed E-state index contributed by atoms with van der Waals surface area (Å²) in [5.41, 5.74) is 13.8. The van der Waals surface area contributed by atoms with Gasteiger partial charge in [0.15, 0.2) is 0 Å². The third-order valence-corrected chi connectivity index (χ3v) is 20.9. The van der Waals surface area contributed by atoms with Gasteiger partial charge in [-0.05, 0) is 130 Å². The second-order valence-corrected chi connectivity index (χ2v) is 34.9. The van der Waals surface area contributed by atoms with Gasteiger partial charge >= 0.3 is 0 Å². The summed E-state index contributed by atoms with van der Waals surface area (Å²) >= 11 is 3.79. The Kier molecular flexibility index (Phi) is 18.7. The maximum absolute atomic E-state index is 4.72. The van der Waals surface area contributed by atoms with E-state index in [0.29, 0.717) is 0 Å². The number of nitrogens with zero attached hydrogens (tertiary/aromatic N) is 4. The predicted molar refractivity (Wildman–Crippen MR) is 339 cm³/mol. The van der Waals surface area contributed by atoms with Crippen LogP contribution in [0.5, 0.6) is 0 Å². The van der Waals surface area contributed by atoms with Gasteiger partial charge in [0.25, 0.3) is 0 Å². The van der Waals surface area contributed by atoms with E-state index in [0.717, 1.165) is 51.3 Å². The minimum Gasteiger partial charge on any atom is -0.305 e. The summed E-state index contributed by atoms with van der Waals surface area (Å²) < 4.78 is 5.43. The van der Waals surface area contributed by atoms with Crippen molar-refractivity contribution in [2.75, 3.05) is 0 Å². The molecule has 12 aromatic rings. The van der Waals surface area contributed by atoms with Crippen LogP contribution in [0, 0.1) is 38.1 Å². The third kappa shape index (κ3) is 13.5. The summed E-state index contributed by atoms with van der Waals surface area (Å²) in [6.45, 7) is 18.6. The van der Waals surface area contributed by atoms with Gasteiger partial charge < -0.3 is 19.9 Å². The Morgan fingerprint density at radius 1 is 0.438 bits per heavy atom. The molecule has 80 heavy (non-hydrogen) atoms. The molecule has 2 aliphatic carbocycles. The summed E-state index contributed by atoms with van der Waals surface area (Å²) in [7, 11) is -2.88. The van der Waals surface area contributed by atoms with Crippen LogP contribution in [0.4, 0.5) is 0 Å². The number of aromatic nitrogens is 4. The van der Waals surface area contributed by atoms with Gasteiger partial charge in [0.05, 0.1) is 8.07 Å². The number of pyridine rings is 4. The van der Waals surface area contributed by atoms with Crippen LogP contribution >= 0.6 is 22.7 Å². The maximum atomic E-state index is 4.72. The first kappa shape index (κ1) is 58.7. The molecule has 2 aliphatic rings. The largest absolute Gasteiger partial charge is 0.305 e. The zero-order chi connectivity index (χ0) is 54.0. The number of thiophene rings is 2. The Morgan fingerprint density at radius 2 is 0.963 bits per heavy atom. The molecular weight excluding hydrogens is 1400 g/mol. The molecular formula is C70H64Ir2N4S2Si2-4. The first-order valence-electron chi connectivity index (χ1n) is 27.2. The number of rotatable bonds is 8. The van der Waals surface area contributed by atoms with Crippen LogP contribution in [0.2, 0.25) is 39.3 Å². The van der Waals surface area contributed by atoms with Crippen molar-refractivity contribution in [3.63, 3.8) is 0 Å². The molecule has 2 saturated carbocycles. The normalized spacial score (nSPS) is 13.0. The van der Waals surface area contributed by atoms with Crippen LogP contribution in [-0.2, 0) is 40.2 Å². The summed E-state index contributed by atoms with van der Waals surface area (Å²) in [4.78, 5) is 18.0. The molecule has 0 N–H and O–H groups in total. The van der Waals surface area contributed by atoms with Crippen LogP contribution in [0.15, 0.2) is 183 Å². The minimum absolute atomic E-state index is 0. The van der Waals surface area contributed by atoms with Crippen molar-refractivity contribution in [1.82, 2.24) is 19.9 Å². The van der Waals surface area contributed by atoms with Gasteiger partial charge in [0, 0.05) is 82.5 Å². The molecule has 0 atom stereocenters. The van der Waals surface area contributed by atoms with Crippen LogP contribution in [0.1, 0.15) is 59.8 Å². The average Bonchev–Trinajstić information content (AvgIpc) is 4.54. The fraction of sp³-hybridized carbons (Fsp3) is 0.200. The standard InChI is InChI=1S/2C23H22NSSi.2C12H10N.2Ir/c1-26(2,3)21-9-5-8-20-22(21)18-7-4-6-17(23(18)25-20)19-14-16(12-13-24-19)15-10-11-15;1-26(2,3)21-11-10-17(19-14-16(12-13-24-19)15-8-9-15)23-22(21)18-6-4-5-7-20(18)25-23;2*1-10-7-8-12(13-9-10)11-5-3-2-4-6-11;;/h4-5,7-9,12-15H,10-11H2,1-3H3;4-7,11-15H,8-9H2,1-3H3;2*2-5,7-9H,1H3;;/q4*-1;;. The van der Waals surface area contributed by atoms with E-state index in [1.54, 1.807) is 5.19 Å². The molecule has 0 spiro atoms. The van der Waals surface area contributed by atoms with E-state index in [1.165, 1.54) is 99.0 Å². The second kappa shape index (κ2) is 25.5. The quantitative estimate of drug-likeness (QED) is 0.112. The summed E-state index contributed by atoms with van der Waals surface area (Å²) in [6, 6.07) is 68.4. The number of aryl methyl sites for hydroxylation is 2. The van der Waals surface area contributed by atoms with Crippen LogP contribution < -0.4 is 10.4 Å². The number of hydrogen-bond donors (Lipinski definition) is 0. The molecule has 0 saturated heterocycles. The number of benzene rings is 6. The van der Waals surface area contributed by atoms with Gasteiger partial charge in [-0.3, -0.25) is 0 Å². The SMILES string of the molecule is C[Si](C)(C)c1c[c-]c(-c2cc(C3CC3)ccn2)c2sc3ccccc3c12.C[Si](C)(C)c1cccc2sc3c(-c4cc(C5CC5)ccn4)[c-]ccc3c12.Cc1ccc(-c2[c-]cccc2)nc1.Cc1ccc(-c2[c-]cccc2)nc1.[Ir].[Ir]. The molecule has 10 heteroatoms. The summed E-state index contributed by atoms with van der Waals surface area (Å²) in [5, 5.41) is 8.72. The Bertz CT molecular complexity index is 3950. The molecule has 6 heterocycles. The zero-order valence-corrected chi connectivity index (χ0v) is 55.0. The molecule has 0 bridgehead atoms. The van der Waals surface area contributed by atoms with Crippen molar-refractivity contribution in [3.05, 3.63) is 229 Å². The molecule has 14 rings (SSSR count). The van der Waals surface area contributed by atoms with Crippen molar-refractivity contribution in [2.24, 2.45) is 0 Å². The van der Waals surface area contributed by atoms with Crippen LogP contribution in [-0.4, -0.2) is 36.1 Å². The van der Waals surface area contributed by atoms with Gasteiger partial charge in [0.2, 0.25) is 0 Å². The monoisotopic (exact) mass is 1470 g/mol. The van der Waals surface area contributed by atoms with Crippen molar-refractivity contribution < 1.29 is 40.2 Å². The Hall–Kier alpha value is -5.91. The predicted octanol–water partition coefficient (Wildman–Crippen LogP) is 18.4. The smallest absolute Gasteiger partial charge is 0.0783 e. The zero-order valence-electron chi connectivity index (χ0n) is 46.6. The van der Waals surface area contributed by atoms with Crippen molar-refractivity contribution >= 4 is 89.5 Å². The van der Waals surface area contributed by atoms with E-state index in [-0.39, 0.29) is 40.2 Å². The van der Waals surface area contributed by atoms with E-state index in [4.69, 9.17) is 9.97 Å². The molecule has 6 aromatic carbocycles. The molecule has 2 radical (unpaired) electrons. The summed E-state index contributed by atoms with van der Waals surface area (Å²) in [6.07, 6.45) is 13.0. The first-order valence-corrected chi connectivity index (χ1v) is 35.8. The topological polar surface area (TPSA) is 51.6 Å². The molecule has 4 nitrogen and oxygen atoms in total. The van der Waals surface area contributed by atoms with Crippen molar-refractivity contribution in [1.29, 1.82) is 0 Å². The molecule has 0 aliphatic heterocycles. The average molecular weight is 1470 g/mol. The fourth-order valence-corrected chi connectivity index (χ4v) is 15.8. The number of fused-ring (bicyclic) bond motifs is 6. The molecule has 2 fully saturated rings.